The summed E-state index contributed by atoms with van der Waals surface area (Å²) in [4.78, 5) is 22.9. The Kier molecular flexibility index (Phi) is 18.2. The van der Waals surface area contributed by atoms with E-state index in [4.69, 9.17) is 23.1 Å². The van der Waals surface area contributed by atoms with Gasteiger partial charge in [-0.3, -0.25) is 9.59 Å². The Hall–Kier alpha value is -1.57. The van der Waals surface area contributed by atoms with Crippen LogP contribution in [0.15, 0.2) is 42.5 Å². The fraction of sp³-hybridized carbons (Fsp3) is 0.773. The lowest BCUT2D eigenvalue weighted by Gasteiger charge is -2.41. The molecule has 1 fully saturated rings. The van der Waals surface area contributed by atoms with Crippen LogP contribution in [0.4, 0.5) is 0 Å². The molecule has 3 unspecified atom stereocenters. The highest BCUT2D eigenvalue weighted by molar-refractivity contribution is 6.75. The minimum atomic E-state index is -2.08. The second-order valence-electron chi connectivity index (χ2n) is 20.5. The Morgan fingerprint density at radius 2 is 1.30 bits per heavy atom. The molecular formula is C44H80O7Si3. The first-order valence-electron chi connectivity index (χ1n) is 20.8. The molecule has 2 rings (SSSR count). The Morgan fingerprint density at radius 1 is 0.759 bits per heavy atom. The molecule has 0 heterocycles. The number of aryl methyl sites for hydroxylation is 1. The van der Waals surface area contributed by atoms with Crippen LogP contribution in [-0.4, -0.2) is 66.9 Å². The molecule has 310 valence electrons. The highest BCUT2D eigenvalue weighted by atomic mass is 28.4. The average Bonchev–Trinajstić information content (AvgIpc) is 3.32. The van der Waals surface area contributed by atoms with E-state index in [9.17, 15) is 9.59 Å². The topological polar surface area (TPSA) is 91.3 Å². The molecule has 1 N–H and O–H groups in total. The van der Waals surface area contributed by atoms with Crippen molar-refractivity contribution in [3.05, 3.63) is 48.0 Å². The predicted molar refractivity (Wildman–Crippen MR) is 233 cm³/mol. The maximum Gasteiger partial charge on any atom is 0.306 e. The van der Waals surface area contributed by atoms with Gasteiger partial charge in [0.25, 0.3) is 0 Å². The van der Waals surface area contributed by atoms with Crippen LogP contribution in [0.3, 0.4) is 0 Å². The van der Waals surface area contributed by atoms with Crippen molar-refractivity contribution in [3.8, 4) is 0 Å². The minimum absolute atomic E-state index is 0.0746. The van der Waals surface area contributed by atoms with Gasteiger partial charge in [0.1, 0.15) is 6.61 Å². The van der Waals surface area contributed by atoms with E-state index in [1.165, 1.54) is 5.56 Å². The van der Waals surface area contributed by atoms with Crippen molar-refractivity contribution < 1.29 is 32.7 Å². The number of carboxylic acids is 1. The minimum Gasteiger partial charge on any atom is -0.481 e. The van der Waals surface area contributed by atoms with Gasteiger partial charge in [-0.25, -0.2) is 0 Å². The molecule has 0 aliphatic heterocycles. The van der Waals surface area contributed by atoms with Crippen molar-refractivity contribution in [3.63, 3.8) is 0 Å². The highest BCUT2D eigenvalue weighted by Crippen LogP contribution is 2.49. The zero-order valence-electron chi connectivity index (χ0n) is 37.1. The van der Waals surface area contributed by atoms with Crippen molar-refractivity contribution in [1.29, 1.82) is 0 Å². The van der Waals surface area contributed by atoms with Gasteiger partial charge in [-0.1, -0.05) is 105 Å². The number of rotatable bonds is 21. The first-order chi connectivity index (χ1) is 24.7. The van der Waals surface area contributed by atoms with E-state index in [1.807, 2.05) is 0 Å². The fourth-order valence-corrected chi connectivity index (χ4v) is 10.7. The molecule has 1 aromatic rings. The first-order valence-corrected chi connectivity index (χ1v) is 29.5. The number of hydrogen-bond acceptors (Lipinski definition) is 6. The van der Waals surface area contributed by atoms with E-state index in [1.54, 1.807) is 0 Å². The van der Waals surface area contributed by atoms with Crippen molar-refractivity contribution >= 4 is 36.9 Å². The summed E-state index contributed by atoms with van der Waals surface area (Å²) in [6.07, 6.45) is 12.4. The molecule has 10 heteroatoms. The molecule has 0 amide bonds. The molecule has 54 heavy (non-hydrogen) atoms. The zero-order chi connectivity index (χ0) is 41.2. The Balaban J connectivity index is 2.42. The summed E-state index contributed by atoms with van der Waals surface area (Å²) < 4.78 is 27.1. The molecule has 0 saturated heterocycles. The van der Waals surface area contributed by atoms with Crippen LogP contribution in [0.25, 0.3) is 0 Å². The van der Waals surface area contributed by atoms with Crippen LogP contribution >= 0.6 is 0 Å². The predicted octanol–water partition coefficient (Wildman–Crippen LogP) is 12.3. The highest BCUT2D eigenvalue weighted by Gasteiger charge is 2.51. The van der Waals surface area contributed by atoms with E-state index in [-0.39, 0.29) is 58.8 Å². The van der Waals surface area contributed by atoms with Gasteiger partial charge in [0.15, 0.2) is 25.0 Å². The standard InChI is InChI=1S/C44H80O7Si3/c1-42(2,3)52(10,11)49-35(28-27-34-23-19-18-20-24-34)29-30-37-36(25-21-16-17-22-26-41(47)48-32-31-40(45)46)38(50-53(12,13)43(4,5)6)33-39(37)51-54(14,15)44(7,8)9/h16,18-21,23-24,35-39H,17,22,25-33H2,1-15H3,(H,45,46)/b21-16-/t35?,36-,37-,38?,39?/m1/s1. The number of esters is 1. The number of ether oxygens (including phenoxy) is 1. The molecule has 1 aliphatic carbocycles. The summed E-state index contributed by atoms with van der Waals surface area (Å²) in [5.41, 5.74) is 1.36. The van der Waals surface area contributed by atoms with Crippen molar-refractivity contribution in [2.45, 2.75) is 199 Å². The van der Waals surface area contributed by atoms with Crippen LogP contribution in [0.1, 0.15) is 126 Å². The average molecular weight is 805 g/mol. The largest absolute Gasteiger partial charge is 0.481 e. The monoisotopic (exact) mass is 805 g/mol. The van der Waals surface area contributed by atoms with Crippen molar-refractivity contribution in [2.24, 2.45) is 11.8 Å². The number of aliphatic carboxylic acids is 1. The molecule has 7 nitrogen and oxygen atoms in total. The number of hydrogen-bond donors (Lipinski definition) is 1. The molecule has 0 aromatic heterocycles. The third-order valence-corrected chi connectivity index (χ3v) is 26.6. The van der Waals surface area contributed by atoms with Crippen LogP contribution in [0.2, 0.25) is 54.4 Å². The quantitative estimate of drug-likeness (QED) is 0.0572. The molecular weight excluding hydrogens is 725 g/mol. The molecule has 1 aliphatic rings. The van der Waals surface area contributed by atoms with Crippen LogP contribution in [-0.2, 0) is 34.0 Å². The van der Waals surface area contributed by atoms with Gasteiger partial charge < -0.3 is 23.1 Å². The summed E-state index contributed by atoms with van der Waals surface area (Å²) in [6, 6.07) is 10.8. The van der Waals surface area contributed by atoms with Gasteiger partial charge in [-0.15, -0.1) is 0 Å². The lowest BCUT2D eigenvalue weighted by molar-refractivity contribution is -0.146. The maximum atomic E-state index is 12.1. The number of carboxylic acid groups (broad SMARTS) is 1. The number of benzene rings is 1. The molecule has 0 spiro atoms. The molecule has 0 bridgehead atoms. The summed E-state index contributed by atoms with van der Waals surface area (Å²) in [7, 11) is -6.18. The number of unbranched alkanes of at least 4 members (excludes halogenated alkanes) is 1. The normalized spacial score (nSPS) is 21.1. The maximum absolute atomic E-state index is 12.1. The lowest BCUT2D eigenvalue weighted by atomic mass is 9.85. The van der Waals surface area contributed by atoms with Gasteiger partial charge >= 0.3 is 11.9 Å². The van der Waals surface area contributed by atoms with Gasteiger partial charge in [0.2, 0.25) is 0 Å². The second-order valence-corrected chi connectivity index (χ2v) is 34.7. The summed E-state index contributed by atoms with van der Waals surface area (Å²) in [6.45, 7) is 35.2. The zero-order valence-corrected chi connectivity index (χ0v) is 40.1. The van der Waals surface area contributed by atoms with E-state index in [2.05, 4.69) is 144 Å². The van der Waals surface area contributed by atoms with Crippen LogP contribution < -0.4 is 0 Å². The van der Waals surface area contributed by atoms with E-state index < -0.39 is 30.9 Å². The summed E-state index contributed by atoms with van der Waals surface area (Å²) >= 11 is 0. The first kappa shape index (κ1) is 48.6. The van der Waals surface area contributed by atoms with E-state index in [0.29, 0.717) is 18.3 Å². The molecule has 0 radical (unpaired) electrons. The van der Waals surface area contributed by atoms with Gasteiger partial charge in [-0.05, 0) is 123 Å². The number of allylic oxidation sites excluding steroid dienone is 2. The summed E-state index contributed by atoms with van der Waals surface area (Å²) in [5, 5.41) is 9.15. The van der Waals surface area contributed by atoms with Crippen molar-refractivity contribution in [2.75, 3.05) is 6.61 Å². The molecule has 5 atom stereocenters. The van der Waals surface area contributed by atoms with E-state index >= 15 is 0 Å². The Morgan fingerprint density at radius 3 is 1.81 bits per heavy atom. The van der Waals surface area contributed by atoms with Gasteiger partial charge in [0.05, 0.1) is 18.6 Å². The van der Waals surface area contributed by atoms with Crippen LogP contribution in [0.5, 0.6) is 0 Å². The Bertz CT molecular complexity index is 1320. The van der Waals surface area contributed by atoms with Crippen molar-refractivity contribution in [1.82, 2.24) is 0 Å². The lowest BCUT2D eigenvalue weighted by Crippen LogP contribution is -2.45. The number of carbonyl (C=O) groups excluding carboxylic acids is 1. The Labute approximate surface area is 334 Å². The smallest absolute Gasteiger partial charge is 0.306 e. The second kappa shape index (κ2) is 20.2. The fourth-order valence-electron chi connectivity index (χ4n) is 6.50. The summed E-state index contributed by atoms with van der Waals surface area (Å²) in [5.74, 6) is -0.649. The third-order valence-electron chi connectivity index (χ3n) is 13.1. The molecule has 1 saturated carbocycles. The van der Waals surface area contributed by atoms with E-state index in [0.717, 1.165) is 44.9 Å². The SMILES string of the molecule is CC(C)(C)[Si](C)(C)OC(CCc1ccccc1)CC[C@H]1C(O[Si](C)(C)C(C)(C)C)CC(O[Si](C)(C)C(C)(C)C)[C@@H]1C/C=C\CCCC(=O)OCCC(=O)O. The van der Waals surface area contributed by atoms with Crippen LogP contribution in [0, 0.1) is 11.8 Å². The third kappa shape index (κ3) is 15.4. The van der Waals surface area contributed by atoms with Gasteiger partial charge in [0, 0.05) is 12.5 Å². The number of carbonyl (C=O) groups is 2. The molecule has 1 aromatic carbocycles. The van der Waals surface area contributed by atoms with Gasteiger partial charge in [-0.2, -0.15) is 0 Å².